The average molecular weight is 454 g/mol. The third-order valence-electron chi connectivity index (χ3n) is 5.32. The summed E-state index contributed by atoms with van der Waals surface area (Å²) in [7, 11) is 1.34. The Balaban J connectivity index is 1.69. The summed E-state index contributed by atoms with van der Waals surface area (Å²) in [5.41, 5.74) is 3.62. The summed E-state index contributed by atoms with van der Waals surface area (Å²) in [6, 6.07) is 26.7. The first-order valence-electron chi connectivity index (χ1n) is 10.3. The van der Waals surface area contributed by atoms with Crippen molar-refractivity contribution in [2.45, 2.75) is 6.54 Å². The highest BCUT2D eigenvalue weighted by atomic mass is 32.1. The van der Waals surface area contributed by atoms with Crippen molar-refractivity contribution in [1.82, 2.24) is 9.55 Å². The second-order valence-corrected chi connectivity index (χ2v) is 8.38. The maximum atomic E-state index is 13.5. The van der Waals surface area contributed by atoms with Gasteiger partial charge in [0, 0.05) is 10.9 Å². The van der Waals surface area contributed by atoms with Gasteiger partial charge in [-0.2, -0.15) is 4.99 Å². The zero-order valence-corrected chi connectivity index (χ0v) is 18.6. The second kappa shape index (κ2) is 8.80. The molecule has 0 N–H and O–H groups in total. The largest absolute Gasteiger partial charge is 0.468 e. The molecule has 2 heterocycles. The van der Waals surface area contributed by atoms with Crippen molar-refractivity contribution in [3.05, 3.63) is 95.3 Å². The number of carbonyl (C=O) groups excluding carboxylic acids is 2. The van der Waals surface area contributed by atoms with Crippen LogP contribution in [0.25, 0.3) is 32.4 Å². The van der Waals surface area contributed by atoms with E-state index in [0.29, 0.717) is 16.1 Å². The van der Waals surface area contributed by atoms with E-state index in [1.807, 2.05) is 78.9 Å². The van der Waals surface area contributed by atoms with Crippen LogP contribution in [0.4, 0.5) is 0 Å². The lowest BCUT2D eigenvalue weighted by atomic mass is 10.0. The Morgan fingerprint density at radius 2 is 1.70 bits per heavy atom. The predicted molar refractivity (Wildman–Crippen MR) is 129 cm³/mol. The number of carbonyl (C=O) groups is 2. The molecule has 0 aliphatic rings. The number of rotatable bonds is 4. The second-order valence-electron chi connectivity index (χ2n) is 7.37. The molecule has 2 aromatic heterocycles. The molecule has 0 bridgehead atoms. The molecule has 0 aliphatic carbocycles. The number of benzene rings is 3. The fourth-order valence-electron chi connectivity index (χ4n) is 3.71. The Bertz CT molecular complexity index is 1570. The van der Waals surface area contributed by atoms with Crippen LogP contribution >= 0.6 is 11.3 Å². The number of ether oxygens (including phenoxy) is 1. The molecule has 7 heteroatoms. The van der Waals surface area contributed by atoms with Crippen molar-refractivity contribution < 1.29 is 14.3 Å². The molecule has 0 saturated carbocycles. The van der Waals surface area contributed by atoms with Crippen molar-refractivity contribution in [3.8, 4) is 11.3 Å². The van der Waals surface area contributed by atoms with E-state index < -0.39 is 11.9 Å². The molecule has 6 nitrogen and oxygen atoms in total. The van der Waals surface area contributed by atoms with Crippen LogP contribution in [0, 0.1) is 0 Å². The van der Waals surface area contributed by atoms with Crippen LogP contribution in [-0.2, 0) is 16.1 Å². The fraction of sp³-hybridized carbons (Fsp3) is 0.0769. The van der Waals surface area contributed by atoms with Gasteiger partial charge in [0.05, 0.1) is 34.1 Å². The van der Waals surface area contributed by atoms with Gasteiger partial charge in [0.25, 0.3) is 5.91 Å². The van der Waals surface area contributed by atoms with Gasteiger partial charge in [-0.3, -0.25) is 9.59 Å². The number of nitrogens with zero attached hydrogens (tertiary/aromatic N) is 3. The molecule has 5 rings (SSSR count). The average Bonchev–Trinajstić information content (AvgIpc) is 3.20. The Kier molecular flexibility index (Phi) is 5.54. The summed E-state index contributed by atoms with van der Waals surface area (Å²) in [6.07, 6.45) is 0. The Morgan fingerprint density at radius 1 is 0.970 bits per heavy atom. The summed E-state index contributed by atoms with van der Waals surface area (Å²) in [5, 5.41) is 0.728. The summed E-state index contributed by atoms with van der Waals surface area (Å²) >= 11 is 1.36. The van der Waals surface area contributed by atoms with E-state index in [1.54, 1.807) is 10.6 Å². The van der Waals surface area contributed by atoms with Gasteiger partial charge < -0.3 is 9.30 Å². The van der Waals surface area contributed by atoms with Crippen LogP contribution in [0.1, 0.15) is 10.4 Å². The predicted octanol–water partition coefficient (Wildman–Crippen LogP) is 4.83. The number of amides is 1. The highest BCUT2D eigenvalue weighted by Crippen LogP contribution is 2.25. The number of hydrogen-bond donors (Lipinski definition) is 0. The smallest absolute Gasteiger partial charge is 0.325 e. The van der Waals surface area contributed by atoms with E-state index >= 15 is 0 Å². The standard InChI is InChI=1S/C26H19N3O3S/c1-32-24(30)16-29-22-13-7-8-14-23(22)33-26(29)28-25(31)19-15-21(17-9-3-2-4-10-17)27-20-12-6-5-11-18(19)20/h2-15H,16H2,1H3. The zero-order chi connectivity index (χ0) is 22.8. The van der Waals surface area contributed by atoms with Crippen molar-refractivity contribution in [1.29, 1.82) is 0 Å². The van der Waals surface area contributed by atoms with E-state index in [-0.39, 0.29) is 6.54 Å². The Labute approximate surface area is 193 Å². The molecule has 0 unspecified atom stereocenters. The number of pyridine rings is 1. The molecular formula is C26H19N3O3S. The summed E-state index contributed by atoms with van der Waals surface area (Å²) in [4.78, 5) is 35.1. The molecule has 33 heavy (non-hydrogen) atoms. The molecule has 0 fully saturated rings. The van der Waals surface area contributed by atoms with Gasteiger partial charge in [0.1, 0.15) is 6.54 Å². The Hall–Kier alpha value is -4.10. The maximum absolute atomic E-state index is 13.5. The van der Waals surface area contributed by atoms with Crippen molar-refractivity contribution in [3.63, 3.8) is 0 Å². The molecule has 0 spiro atoms. The third-order valence-corrected chi connectivity index (χ3v) is 6.38. The minimum absolute atomic E-state index is 0.0288. The fourth-order valence-corrected chi connectivity index (χ4v) is 4.74. The van der Waals surface area contributed by atoms with Gasteiger partial charge in [-0.25, -0.2) is 4.98 Å². The van der Waals surface area contributed by atoms with Crippen LogP contribution in [-0.4, -0.2) is 28.5 Å². The monoisotopic (exact) mass is 453 g/mol. The van der Waals surface area contributed by atoms with Crippen LogP contribution in [0.2, 0.25) is 0 Å². The van der Waals surface area contributed by atoms with E-state index in [2.05, 4.69) is 4.99 Å². The van der Waals surface area contributed by atoms with Crippen LogP contribution < -0.4 is 4.80 Å². The molecule has 162 valence electrons. The minimum atomic E-state index is -0.409. The number of methoxy groups -OCH3 is 1. The molecule has 1 amide bonds. The highest BCUT2D eigenvalue weighted by Gasteiger charge is 2.16. The van der Waals surface area contributed by atoms with Crippen molar-refractivity contribution >= 4 is 44.3 Å². The van der Waals surface area contributed by atoms with Gasteiger partial charge in [-0.05, 0) is 24.3 Å². The lowest BCUT2D eigenvalue weighted by Crippen LogP contribution is -2.22. The number of para-hydroxylation sites is 2. The van der Waals surface area contributed by atoms with E-state index in [9.17, 15) is 9.59 Å². The molecule has 0 saturated heterocycles. The van der Waals surface area contributed by atoms with E-state index in [4.69, 9.17) is 9.72 Å². The van der Waals surface area contributed by atoms with Crippen molar-refractivity contribution in [2.24, 2.45) is 4.99 Å². The third kappa shape index (κ3) is 4.06. The lowest BCUT2D eigenvalue weighted by Gasteiger charge is -2.08. The molecule has 3 aromatic carbocycles. The first-order valence-corrected chi connectivity index (χ1v) is 11.1. The summed E-state index contributed by atoms with van der Waals surface area (Å²) in [5.74, 6) is -0.802. The molecule has 0 radical (unpaired) electrons. The Morgan fingerprint density at radius 3 is 2.52 bits per heavy atom. The van der Waals surface area contributed by atoms with E-state index in [0.717, 1.165) is 26.7 Å². The zero-order valence-electron chi connectivity index (χ0n) is 17.8. The van der Waals surface area contributed by atoms with Gasteiger partial charge in [-0.1, -0.05) is 72.0 Å². The van der Waals surface area contributed by atoms with Gasteiger partial charge >= 0.3 is 5.97 Å². The van der Waals surface area contributed by atoms with Gasteiger partial charge in [-0.15, -0.1) is 0 Å². The normalized spacial score (nSPS) is 11.7. The van der Waals surface area contributed by atoms with Crippen LogP contribution in [0.5, 0.6) is 0 Å². The molecule has 0 aliphatic heterocycles. The highest BCUT2D eigenvalue weighted by molar-refractivity contribution is 7.16. The van der Waals surface area contributed by atoms with Crippen LogP contribution in [0.15, 0.2) is 89.9 Å². The molecule has 0 atom stereocenters. The minimum Gasteiger partial charge on any atom is -0.468 e. The number of aromatic nitrogens is 2. The van der Waals surface area contributed by atoms with Crippen LogP contribution in [0.3, 0.4) is 0 Å². The molecular weight excluding hydrogens is 434 g/mol. The number of esters is 1. The first-order chi connectivity index (χ1) is 16.1. The maximum Gasteiger partial charge on any atom is 0.325 e. The first kappa shape index (κ1) is 20.8. The lowest BCUT2D eigenvalue weighted by molar-refractivity contribution is -0.141. The van der Waals surface area contributed by atoms with Gasteiger partial charge in [0.15, 0.2) is 4.80 Å². The van der Waals surface area contributed by atoms with Gasteiger partial charge in [0.2, 0.25) is 0 Å². The molecule has 5 aromatic rings. The number of fused-ring (bicyclic) bond motifs is 2. The number of hydrogen-bond acceptors (Lipinski definition) is 5. The summed E-state index contributed by atoms with van der Waals surface area (Å²) < 4.78 is 7.49. The van der Waals surface area contributed by atoms with Crippen molar-refractivity contribution in [2.75, 3.05) is 7.11 Å². The van der Waals surface area contributed by atoms with E-state index in [1.165, 1.54) is 18.4 Å². The quantitative estimate of drug-likeness (QED) is 0.365. The topological polar surface area (TPSA) is 73.6 Å². The summed E-state index contributed by atoms with van der Waals surface area (Å²) in [6.45, 7) is -0.0288. The SMILES string of the molecule is COC(=O)Cn1c(=NC(=O)c2cc(-c3ccccc3)nc3ccccc23)sc2ccccc21. The number of thiazole rings is 1.